The lowest BCUT2D eigenvalue weighted by Gasteiger charge is -2.22. The van der Waals surface area contributed by atoms with Gasteiger partial charge in [-0.25, -0.2) is 0 Å². The van der Waals surface area contributed by atoms with Crippen molar-refractivity contribution in [2.75, 3.05) is 13.1 Å². The van der Waals surface area contributed by atoms with Crippen LogP contribution in [0.1, 0.15) is 89.2 Å². The molecule has 1 aliphatic rings. The molecule has 6 nitrogen and oxygen atoms in total. The maximum Gasteiger partial charge on any atom is 0.252 e. The van der Waals surface area contributed by atoms with E-state index in [0.717, 1.165) is 55.2 Å². The summed E-state index contributed by atoms with van der Waals surface area (Å²) in [4.78, 5) is 39.4. The Morgan fingerprint density at radius 3 is 1.83 bits per heavy atom. The van der Waals surface area contributed by atoms with Gasteiger partial charge >= 0.3 is 0 Å². The molecule has 0 spiro atoms. The first-order valence-corrected chi connectivity index (χ1v) is 15.3. The van der Waals surface area contributed by atoms with Crippen LogP contribution in [-0.4, -0.2) is 36.9 Å². The van der Waals surface area contributed by atoms with Gasteiger partial charge in [-0.05, 0) is 41.5 Å². The summed E-state index contributed by atoms with van der Waals surface area (Å²) in [6.45, 7) is 4.86. The third-order valence-electron chi connectivity index (χ3n) is 7.52. The van der Waals surface area contributed by atoms with Crippen LogP contribution in [0.25, 0.3) is 11.1 Å². The molecule has 3 rings (SSSR count). The molecule has 2 aromatic carbocycles. The van der Waals surface area contributed by atoms with Crippen LogP contribution in [0.15, 0.2) is 72.8 Å². The number of hydrogen-bond donors (Lipinski definition) is 3. The molecule has 3 amide bonds. The molecular formula is C35H47N3O3. The maximum absolute atomic E-state index is 13.7. The fourth-order valence-electron chi connectivity index (χ4n) is 5.02. The van der Waals surface area contributed by atoms with E-state index in [-0.39, 0.29) is 23.6 Å². The predicted molar refractivity (Wildman–Crippen MR) is 168 cm³/mol. The van der Waals surface area contributed by atoms with Crippen LogP contribution in [0, 0.1) is 5.92 Å². The first kappa shape index (κ1) is 31.9. The molecule has 1 heterocycles. The molecule has 0 aromatic heterocycles. The molecular weight excluding hydrogens is 510 g/mol. The van der Waals surface area contributed by atoms with Crippen molar-refractivity contribution in [1.29, 1.82) is 0 Å². The molecule has 3 N–H and O–H groups in total. The molecule has 0 saturated heterocycles. The largest absolute Gasteiger partial charge is 0.354 e. The third kappa shape index (κ3) is 11.4. The zero-order chi connectivity index (χ0) is 29.3. The van der Waals surface area contributed by atoms with Crippen molar-refractivity contribution in [3.05, 3.63) is 83.9 Å². The number of nitrogens with one attached hydrogen (secondary N) is 3. The Hall–Kier alpha value is -3.67. The van der Waals surface area contributed by atoms with Gasteiger partial charge in [0.1, 0.15) is 6.04 Å². The van der Waals surface area contributed by atoms with Gasteiger partial charge in [0.05, 0.1) is 0 Å². The van der Waals surface area contributed by atoms with E-state index in [9.17, 15) is 14.4 Å². The number of hydrogen-bond acceptors (Lipinski definition) is 3. The molecule has 1 aliphatic heterocycles. The third-order valence-corrected chi connectivity index (χ3v) is 7.52. The van der Waals surface area contributed by atoms with E-state index in [1.165, 1.54) is 19.3 Å². The first-order valence-electron chi connectivity index (χ1n) is 15.3. The van der Waals surface area contributed by atoms with E-state index < -0.39 is 6.04 Å². The van der Waals surface area contributed by atoms with E-state index in [4.69, 9.17) is 0 Å². The zero-order valence-corrected chi connectivity index (χ0v) is 24.8. The number of carbonyl (C=O) groups excluding carboxylic acids is 3. The highest BCUT2D eigenvalue weighted by Crippen LogP contribution is 2.20. The Morgan fingerprint density at radius 1 is 0.659 bits per heavy atom. The van der Waals surface area contributed by atoms with Crippen molar-refractivity contribution in [1.82, 2.24) is 16.0 Å². The van der Waals surface area contributed by atoms with Gasteiger partial charge in [-0.2, -0.15) is 0 Å². The average molecular weight is 558 g/mol. The van der Waals surface area contributed by atoms with Crippen molar-refractivity contribution in [2.45, 2.75) is 84.1 Å². The molecule has 41 heavy (non-hydrogen) atoms. The van der Waals surface area contributed by atoms with E-state index in [1.807, 2.05) is 80.6 Å². The van der Waals surface area contributed by atoms with Crippen LogP contribution < -0.4 is 16.0 Å². The highest BCUT2D eigenvalue weighted by Gasteiger charge is 2.25. The minimum Gasteiger partial charge on any atom is -0.354 e. The minimum absolute atomic E-state index is 0.0426. The van der Waals surface area contributed by atoms with Gasteiger partial charge in [-0.3, -0.25) is 14.4 Å². The Labute approximate surface area is 246 Å². The van der Waals surface area contributed by atoms with E-state index in [2.05, 4.69) is 16.0 Å². The van der Waals surface area contributed by atoms with Crippen LogP contribution in [0.3, 0.4) is 0 Å². The molecule has 0 aliphatic carbocycles. The summed E-state index contributed by atoms with van der Waals surface area (Å²) in [6, 6.07) is 18.7. The summed E-state index contributed by atoms with van der Waals surface area (Å²) >= 11 is 0. The Bertz CT molecular complexity index is 1160. The Morgan fingerprint density at radius 2 is 1.22 bits per heavy atom. The van der Waals surface area contributed by atoms with Crippen molar-refractivity contribution in [2.24, 2.45) is 5.92 Å². The molecule has 0 bridgehead atoms. The van der Waals surface area contributed by atoms with Crippen LogP contribution in [0.5, 0.6) is 0 Å². The average Bonchev–Trinajstić information content (AvgIpc) is 2.98. The van der Waals surface area contributed by atoms with Gasteiger partial charge in [0, 0.05) is 25.1 Å². The predicted octanol–water partition coefficient (Wildman–Crippen LogP) is 6.44. The number of amides is 3. The summed E-state index contributed by atoms with van der Waals surface area (Å²) < 4.78 is 0. The second-order valence-electron chi connectivity index (χ2n) is 11.2. The van der Waals surface area contributed by atoms with Crippen LogP contribution in [0.4, 0.5) is 0 Å². The topological polar surface area (TPSA) is 87.3 Å². The quantitative estimate of drug-likeness (QED) is 0.406. The van der Waals surface area contributed by atoms with Crippen LogP contribution >= 0.6 is 0 Å². The van der Waals surface area contributed by atoms with Gasteiger partial charge in [0.2, 0.25) is 11.8 Å². The minimum atomic E-state index is -0.645. The van der Waals surface area contributed by atoms with Crippen molar-refractivity contribution < 1.29 is 14.4 Å². The Kier molecular flexibility index (Phi) is 13.9. The lowest BCUT2D eigenvalue weighted by Crippen LogP contribution is -2.50. The first-order chi connectivity index (χ1) is 20.0. The smallest absolute Gasteiger partial charge is 0.252 e. The molecule has 0 fully saturated rings. The van der Waals surface area contributed by atoms with Gasteiger partial charge in [-0.1, -0.05) is 126 Å². The van der Waals surface area contributed by atoms with Gasteiger partial charge < -0.3 is 16.0 Å². The standard InChI is InChI=1S/C35H47N3O3/c1-27(2)33-35(41)36-25-17-9-7-5-3-4-6-8-16-22-32(39)37-26-30(28-18-12-10-13-19-28)23-24-31(34(40)38-33)29-20-14-11-15-21-29/h10-15,18-21,23-24,27,33H,3-9,16-17,22,25-26H2,1-2H3,(H,36,41)(H,37,39)(H,38,40)/b30-23+,31-24-. The molecule has 6 heteroatoms. The van der Waals surface area contributed by atoms with E-state index in [0.29, 0.717) is 25.1 Å². The summed E-state index contributed by atoms with van der Waals surface area (Å²) in [5.41, 5.74) is 3.09. The monoisotopic (exact) mass is 557 g/mol. The van der Waals surface area contributed by atoms with Gasteiger partial charge in [0.25, 0.3) is 5.91 Å². The molecule has 220 valence electrons. The molecule has 0 saturated carbocycles. The molecule has 1 unspecified atom stereocenters. The fraction of sp³-hybridized carbons (Fsp3) is 0.457. The van der Waals surface area contributed by atoms with Crippen LogP contribution in [0.2, 0.25) is 0 Å². The SMILES string of the molecule is CC(C)C1NC(=O)/C(c2ccccc2)=C\C=C(\c2ccccc2)CNC(=O)CCCCCCCCCCCNC1=O. The number of allylic oxidation sites excluding steroid dienone is 2. The van der Waals surface area contributed by atoms with Gasteiger partial charge in [-0.15, -0.1) is 0 Å². The van der Waals surface area contributed by atoms with E-state index >= 15 is 0 Å². The summed E-state index contributed by atoms with van der Waals surface area (Å²) in [5.74, 6) is -0.490. The number of carbonyl (C=O) groups is 3. The second-order valence-corrected chi connectivity index (χ2v) is 11.2. The maximum atomic E-state index is 13.7. The highest BCUT2D eigenvalue weighted by atomic mass is 16.2. The van der Waals surface area contributed by atoms with Crippen molar-refractivity contribution >= 4 is 28.9 Å². The molecule has 0 radical (unpaired) electrons. The van der Waals surface area contributed by atoms with E-state index in [1.54, 1.807) is 6.08 Å². The summed E-state index contributed by atoms with van der Waals surface area (Å²) in [7, 11) is 0. The summed E-state index contributed by atoms with van der Waals surface area (Å²) in [6.07, 6.45) is 14.1. The van der Waals surface area contributed by atoms with Crippen molar-refractivity contribution in [3.8, 4) is 0 Å². The fourth-order valence-corrected chi connectivity index (χ4v) is 5.02. The lowest BCUT2D eigenvalue weighted by atomic mass is 9.99. The normalized spacial score (nSPS) is 22.3. The van der Waals surface area contributed by atoms with Gasteiger partial charge in [0.15, 0.2) is 0 Å². The van der Waals surface area contributed by atoms with Crippen molar-refractivity contribution in [3.63, 3.8) is 0 Å². The summed E-state index contributed by atoms with van der Waals surface area (Å²) in [5, 5.41) is 9.12. The second kappa shape index (κ2) is 17.9. The Balaban J connectivity index is 1.91. The zero-order valence-electron chi connectivity index (χ0n) is 24.8. The highest BCUT2D eigenvalue weighted by molar-refractivity contribution is 6.20. The molecule has 1 atom stereocenters. The number of benzene rings is 2. The lowest BCUT2D eigenvalue weighted by molar-refractivity contribution is -0.127. The van der Waals surface area contributed by atoms with Crippen LogP contribution in [-0.2, 0) is 14.4 Å². The number of rotatable bonds is 3. The molecule has 2 aromatic rings.